The van der Waals surface area contributed by atoms with E-state index < -0.39 is 10.0 Å². The van der Waals surface area contributed by atoms with E-state index in [4.69, 9.17) is 10.6 Å². The van der Waals surface area contributed by atoms with Crippen molar-refractivity contribution in [2.45, 2.75) is 5.03 Å². The molecule has 0 atom stereocenters. The van der Waals surface area contributed by atoms with Gasteiger partial charge >= 0.3 is 0 Å². The second kappa shape index (κ2) is 5.27. The quantitative estimate of drug-likeness (QED) is 0.500. The fourth-order valence-electron chi connectivity index (χ4n) is 1.98. The number of aromatic nitrogens is 2. The molecule has 1 saturated heterocycles. The first-order chi connectivity index (χ1) is 9.62. The van der Waals surface area contributed by atoms with Crippen molar-refractivity contribution in [3.8, 4) is 0 Å². The third kappa shape index (κ3) is 2.39. The van der Waals surface area contributed by atoms with Gasteiger partial charge in [-0.25, -0.2) is 19.3 Å². The van der Waals surface area contributed by atoms with Crippen LogP contribution in [0.2, 0.25) is 0 Å². The first-order valence-corrected chi connectivity index (χ1v) is 8.25. The summed E-state index contributed by atoms with van der Waals surface area (Å²) in [6.45, 7) is 1.97. The molecule has 0 aliphatic carbocycles. The van der Waals surface area contributed by atoms with E-state index in [2.05, 4.69) is 15.2 Å². The van der Waals surface area contributed by atoms with Gasteiger partial charge in [0.05, 0.1) is 13.2 Å². The fourth-order valence-corrected chi connectivity index (χ4v) is 4.13. The Morgan fingerprint density at radius 3 is 2.85 bits per heavy atom. The Labute approximate surface area is 119 Å². The highest BCUT2D eigenvalue weighted by molar-refractivity contribution is 7.89. The average molecular weight is 318 g/mol. The van der Waals surface area contributed by atoms with Crippen molar-refractivity contribution in [2.24, 2.45) is 5.84 Å². The number of nitrogens with two attached hydrogens (primary N) is 1. The Morgan fingerprint density at radius 1 is 1.40 bits per heavy atom. The molecule has 20 heavy (non-hydrogen) atoms. The molecule has 0 unspecified atom stereocenters. The highest BCUT2D eigenvalue weighted by Gasteiger charge is 2.28. The number of morpholine rings is 1. The number of hydrogen-bond acceptors (Lipinski definition) is 8. The number of nitrogen functional groups attached to an aromatic ring is 1. The van der Waals surface area contributed by atoms with Crippen LogP contribution in [0.3, 0.4) is 0 Å². The van der Waals surface area contributed by atoms with Gasteiger partial charge in [-0.15, -0.1) is 16.2 Å². The maximum atomic E-state index is 12.5. The number of thiazole rings is 1. The van der Waals surface area contributed by atoms with Gasteiger partial charge in [0.2, 0.25) is 5.03 Å². The van der Waals surface area contributed by atoms with Crippen LogP contribution in [0, 0.1) is 0 Å². The topological polar surface area (TPSA) is 114 Å². The summed E-state index contributed by atoms with van der Waals surface area (Å²) in [5.74, 6) is 5.48. The van der Waals surface area contributed by atoms with Crippen LogP contribution in [0.1, 0.15) is 0 Å². The van der Waals surface area contributed by atoms with E-state index in [9.17, 15) is 8.42 Å². The molecule has 2 aromatic heterocycles. The SMILES string of the molecule is NNc1nc2sccn2c1S(=O)(=O)NN1CCOCC1. The fraction of sp³-hybridized carbons (Fsp3) is 0.444. The van der Waals surface area contributed by atoms with E-state index in [1.807, 2.05) is 0 Å². The van der Waals surface area contributed by atoms with Gasteiger partial charge in [-0.05, 0) is 0 Å². The smallest absolute Gasteiger partial charge is 0.273 e. The molecule has 0 radical (unpaired) electrons. The molecule has 1 aliphatic rings. The van der Waals surface area contributed by atoms with Crippen molar-refractivity contribution < 1.29 is 13.2 Å². The lowest BCUT2D eigenvalue weighted by atomic mass is 10.5. The number of fused-ring (bicyclic) bond motifs is 1. The molecule has 11 heteroatoms. The summed E-state index contributed by atoms with van der Waals surface area (Å²) in [4.78, 5) is 7.22. The van der Waals surface area contributed by atoms with E-state index >= 15 is 0 Å². The summed E-state index contributed by atoms with van der Waals surface area (Å²) < 4.78 is 31.7. The number of rotatable bonds is 4. The largest absolute Gasteiger partial charge is 0.379 e. The summed E-state index contributed by atoms with van der Waals surface area (Å²) in [6.07, 6.45) is 1.64. The zero-order valence-electron chi connectivity index (χ0n) is 10.4. The van der Waals surface area contributed by atoms with Crippen molar-refractivity contribution in [1.82, 2.24) is 19.2 Å². The number of nitrogens with zero attached hydrogens (tertiary/aromatic N) is 3. The normalized spacial score (nSPS) is 17.6. The van der Waals surface area contributed by atoms with Crippen molar-refractivity contribution >= 4 is 32.1 Å². The minimum Gasteiger partial charge on any atom is -0.379 e. The zero-order valence-corrected chi connectivity index (χ0v) is 12.1. The molecular weight excluding hydrogens is 304 g/mol. The lowest BCUT2D eigenvalue weighted by molar-refractivity contribution is 0.0272. The van der Waals surface area contributed by atoms with Crippen molar-refractivity contribution in [3.05, 3.63) is 11.6 Å². The van der Waals surface area contributed by atoms with E-state index in [1.54, 1.807) is 16.6 Å². The van der Waals surface area contributed by atoms with Gasteiger partial charge in [-0.2, -0.15) is 4.98 Å². The Bertz CT molecular complexity index is 702. The average Bonchev–Trinajstić information content (AvgIpc) is 2.98. The maximum absolute atomic E-state index is 12.5. The Kier molecular flexibility index (Phi) is 3.62. The highest BCUT2D eigenvalue weighted by atomic mass is 32.2. The minimum absolute atomic E-state index is 0.00254. The first-order valence-electron chi connectivity index (χ1n) is 5.89. The predicted octanol–water partition coefficient (Wildman–Crippen LogP) is -0.793. The van der Waals surface area contributed by atoms with Crippen LogP contribution in [-0.4, -0.2) is 49.1 Å². The summed E-state index contributed by atoms with van der Waals surface area (Å²) >= 11 is 1.33. The highest BCUT2D eigenvalue weighted by Crippen LogP contribution is 2.24. The second-order valence-corrected chi connectivity index (χ2v) is 6.61. The van der Waals surface area contributed by atoms with E-state index in [0.29, 0.717) is 31.3 Å². The number of hydrazine groups is 2. The van der Waals surface area contributed by atoms with Crippen molar-refractivity contribution in [1.29, 1.82) is 0 Å². The molecule has 110 valence electrons. The lowest BCUT2D eigenvalue weighted by Crippen LogP contribution is -2.48. The van der Waals surface area contributed by atoms with Crippen LogP contribution in [-0.2, 0) is 14.8 Å². The molecule has 4 N–H and O–H groups in total. The Balaban J connectivity index is 1.97. The molecule has 9 nitrogen and oxygen atoms in total. The number of imidazole rings is 1. The van der Waals surface area contributed by atoms with Gasteiger partial charge in [0.15, 0.2) is 10.8 Å². The zero-order chi connectivity index (χ0) is 14.2. The molecule has 0 amide bonds. The summed E-state index contributed by atoms with van der Waals surface area (Å²) in [5.41, 5.74) is 2.33. The third-order valence-corrected chi connectivity index (χ3v) is 5.02. The van der Waals surface area contributed by atoms with Crippen LogP contribution in [0.4, 0.5) is 5.82 Å². The monoisotopic (exact) mass is 318 g/mol. The molecule has 0 aromatic carbocycles. The van der Waals surface area contributed by atoms with Crippen molar-refractivity contribution in [3.63, 3.8) is 0 Å². The number of ether oxygens (including phenoxy) is 1. The minimum atomic E-state index is -3.77. The van der Waals surface area contributed by atoms with Gasteiger partial charge in [0.25, 0.3) is 10.0 Å². The van der Waals surface area contributed by atoms with Crippen LogP contribution >= 0.6 is 11.3 Å². The van der Waals surface area contributed by atoms with Crippen LogP contribution in [0.25, 0.3) is 4.96 Å². The second-order valence-electron chi connectivity index (χ2n) is 4.16. The van der Waals surface area contributed by atoms with E-state index in [0.717, 1.165) is 0 Å². The molecule has 1 fully saturated rings. The molecule has 1 aliphatic heterocycles. The van der Waals surface area contributed by atoms with Gasteiger partial charge < -0.3 is 10.2 Å². The molecule has 0 bridgehead atoms. The first kappa shape index (κ1) is 13.7. The van der Waals surface area contributed by atoms with Crippen molar-refractivity contribution in [2.75, 3.05) is 31.7 Å². The summed E-state index contributed by atoms with van der Waals surface area (Å²) in [7, 11) is -3.77. The van der Waals surface area contributed by atoms with Crippen LogP contribution in [0.5, 0.6) is 0 Å². The molecule has 0 saturated carbocycles. The van der Waals surface area contributed by atoms with Crippen LogP contribution in [0.15, 0.2) is 16.6 Å². The lowest BCUT2D eigenvalue weighted by Gasteiger charge is -2.26. The number of sulfonamides is 1. The maximum Gasteiger partial charge on any atom is 0.273 e. The van der Waals surface area contributed by atoms with Gasteiger partial charge in [-0.3, -0.25) is 4.40 Å². The summed E-state index contributed by atoms with van der Waals surface area (Å²) in [6, 6.07) is 0. The Hall–Kier alpha value is -1.24. The molecule has 3 heterocycles. The standard InChI is InChI=1S/C9H14N6O3S2/c10-12-7-8(15-3-6-19-9(15)11-7)20(16,17)13-14-1-4-18-5-2-14/h3,6,12-13H,1-2,4-5,10H2. The Morgan fingerprint density at radius 2 is 2.15 bits per heavy atom. The number of nitrogens with one attached hydrogen (secondary N) is 2. The molecule has 0 spiro atoms. The van der Waals surface area contributed by atoms with Gasteiger partial charge in [0, 0.05) is 24.7 Å². The number of anilines is 1. The van der Waals surface area contributed by atoms with Crippen LogP contribution < -0.4 is 16.1 Å². The molecular formula is C9H14N6O3S2. The third-order valence-electron chi connectivity index (χ3n) is 2.87. The summed E-state index contributed by atoms with van der Waals surface area (Å²) in [5, 5.41) is 3.36. The molecule has 2 aromatic rings. The van der Waals surface area contributed by atoms with Gasteiger partial charge in [0.1, 0.15) is 0 Å². The van der Waals surface area contributed by atoms with Gasteiger partial charge in [-0.1, -0.05) is 0 Å². The van der Waals surface area contributed by atoms with E-state index in [1.165, 1.54) is 15.7 Å². The van der Waals surface area contributed by atoms with E-state index in [-0.39, 0.29) is 10.8 Å². The predicted molar refractivity (Wildman–Crippen MR) is 73.6 cm³/mol. The molecule has 3 rings (SSSR count). The number of hydrogen-bond donors (Lipinski definition) is 3.